The van der Waals surface area contributed by atoms with E-state index in [4.69, 9.17) is 14.4 Å². The van der Waals surface area contributed by atoms with Crippen LogP contribution in [0.15, 0.2) is 108 Å². The summed E-state index contributed by atoms with van der Waals surface area (Å²) in [6.45, 7) is 0. The lowest BCUT2D eigenvalue weighted by Gasteiger charge is -2.11. The molecule has 0 N–H and O–H groups in total. The Hall–Kier alpha value is -4.57. The summed E-state index contributed by atoms with van der Waals surface area (Å²) in [7, 11) is 0. The number of hydrogen-bond acceptors (Lipinski definition) is 4. The van der Waals surface area contributed by atoms with E-state index in [0.717, 1.165) is 60.6 Å². The smallest absolute Gasteiger partial charge is 0.162 e. The molecule has 0 radical (unpaired) electrons. The highest BCUT2D eigenvalue weighted by Crippen LogP contribution is 2.38. The van der Waals surface area contributed by atoms with Crippen molar-refractivity contribution in [3.63, 3.8) is 0 Å². The van der Waals surface area contributed by atoms with E-state index in [0.29, 0.717) is 5.82 Å². The molecule has 0 unspecified atom stereocenters. The van der Waals surface area contributed by atoms with Crippen molar-refractivity contribution in [2.75, 3.05) is 0 Å². The average Bonchev–Trinajstić information content (AvgIpc) is 3.27. The summed E-state index contributed by atoms with van der Waals surface area (Å²) in [6, 6.07) is 32.6. The molecule has 0 saturated carbocycles. The maximum Gasteiger partial charge on any atom is 0.162 e. The normalized spacial score (nSPS) is 11.6. The number of nitrogens with zero attached hydrogens (tertiary/aromatic N) is 3. The standard InChI is InChI=1S/C29H17N3O/c1-3-15-24-21(11-1)27(22-13-6-12-20-19-10-2-4-16-25(19)33-28(20)22)32-29(31-24)23-14-5-8-18-9-7-17-30-26(18)23/h1-17H. The molecule has 3 aromatic heterocycles. The summed E-state index contributed by atoms with van der Waals surface area (Å²) in [6.07, 6.45) is 1.81. The Bertz CT molecular complexity index is 1830. The van der Waals surface area contributed by atoms with Gasteiger partial charge in [-0.05, 0) is 30.3 Å². The lowest BCUT2D eigenvalue weighted by molar-refractivity contribution is 0.670. The second-order valence-corrected chi connectivity index (χ2v) is 8.07. The van der Waals surface area contributed by atoms with Gasteiger partial charge in [0.1, 0.15) is 11.2 Å². The molecule has 0 amide bonds. The van der Waals surface area contributed by atoms with E-state index in [2.05, 4.69) is 47.4 Å². The molecule has 0 spiro atoms. The van der Waals surface area contributed by atoms with Crippen LogP contribution in [0, 0.1) is 0 Å². The fourth-order valence-corrected chi connectivity index (χ4v) is 4.62. The number of furan rings is 1. The van der Waals surface area contributed by atoms with Crippen molar-refractivity contribution in [1.29, 1.82) is 0 Å². The van der Waals surface area contributed by atoms with Gasteiger partial charge in [-0.3, -0.25) is 4.98 Å². The molecule has 0 atom stereocenters. The number of hydrogen-bond donors (Lipinski definition) is 0. The van der Waals surface area contributed by atoms with Crippen molar-refractivity contribution in [1.82, 2.24) is 15.0 Å². The Morgan fingerprint density at radius 3 is 2.30 bits per heavy atom. The van der Waals surface area contributed by atoms with Gasteiger partial charge in [-0.15, -0.1) is 0 Å². The fourth-order valence-electron chi connectivity index (χ4n) is 4.62. The molecule has 4 aromatic carbocycles. The van der Waals surface area contributed by atoms with E-state index in [-0.39, 0.29) is 0 Å². The van der Waals surface area contributed by atoms with E-state index >= 15 is 0 Å². The zero-order valence-corrected chi connectivity index (χ0v) is 17.6. The van der Waals surface area contributed by atoms with Crippen LogP contribution in [0.4, 0.5) is 0 Å². The van der Waals surface area contributed by atoms with Crippen LogP contribution < -0.4 is 0 Å². The third-order valence-corrected chi connectivity index (χ3v) is 6.14. The van der Waals surface area contributed by atoms with Crippen LogP contribution >= 0.6 is 0 Å². The number of aromatic nitrogens is 3. The van der Waals surface area contributed by atoms with E-state index in [1.807, 2.05) is 60.8 Å². The molecule has 7 rings (SSSR count). The van der Waals surface area contributed by atoms with Crippen molar-refractivity contribution >= 4 is 43.7 Å². The monoisotopic (exact) mass is 423 g/mol. The minimum Gasteiger partial charge on any atom is -0.455 e. The predicted octanol–water partition coefficient (Wildman–Crippen LogP) is 7.41. The van der Waals surface area contributed by atoms with Gasteiger partial charge >= 0.3 is 0 Å². The predicted molar refractivity (Wildman–Crippen MR) is 133 cm³/mol. The van der Waals surface area contributed by atoms with E-state index < -0.39 is 0 Å². The number of benzene rings is 4. The van der Waals surface area contributed by atoms with Gasteiger partial charge < -0.3 is 4.42 Å². The van der Waals surface area contributed by atoms with Gasteiger partial charge in [0, 0.05) is 38.9 Å². The molecule has 4 heteroatoms. The Labute approximate surface area is 189 Å². The number of fused-ring (bicyclic) bond motifs is 5. The van der Waals surface area contributed by atoms with Crippen molar-refractivity contribution in [3.8, 4) is 22.6 Å². The first-order chi connectivity index (χ1) is 16.4. The molecule has 0 saturated heterocycles. The zero-order valence-electron chi connectivity index (χ0n) is 17.6. The van der Waals surface area contributed by atoms with Crippen molar-refractivity contribution in [2.45, 2.75) is 0 Å². The minimum absolute atomic E-state index is 0.654. The van der Waals surface area contributed by atoms with Crippen molar-refractivity contribution in [2.24, 2.45) is 0 Å². The van der Waals surface area contributed by atoms with Crippen LogP contribution in [0.2, 0.25) is 0 Å². The largest absolute Gasteiger partial charge is 0.455 e. The second kappa shape index (κ2) is 6.97. The Morgan fingerprint density at radius 1 is 0.576 bits per heavy atom. The summed E-state index contributed by atoms with van der Waals surface area (Å²) >= 11 is 0. The molecule has 33 heavy (non-hydrogen) atoms. The lowest BCUT2D eigenvalue weighted by Crippen LogP contribution is -1.96. The molecule has 3 heterocycles. The number of para-hydroxylation sites is 4. The molecular formula is C29H17N3O. The van der Waals surface area contributed by atoms with Crippen LogP contribution in [0.3, 0.4) is 0 Å². The fraction of sp³-hybridized carbons (Fsp3) is 0. The second-order valence-electron chi connectivity index (χ2n) is 8.07. The van der Waals surface area contributed by atoms with Crippen LogP contribution in [0.5, 0.6) is 0 Å². The van der Waals surface area contributed by atoms with Gasteiger partial charge in [0.15, 0.2) is 5.82 Å². The van der Waals surface area contributed by atoms with Crippen LogP contribution in [0.25, 0.3) is 66.4 Å². The average molecular weight is 423 g/mol. The van der Waals surface area contributed by atoms with Gasteiger partial charge in [-0.2, -0.15) is 0 Å². The van der Waals surface area contributed by atoms with Crippen LogP contribution in [-0.4, -0.2) is 15.0 Å². The first kappa shape index (κ1) is 18.0. The highest BCUT2D eigenvalue weighted by Gasteiger charge is 2.18. The summed E-state index contributed by atoms with van der Waals surface area (Å²) in [5.41, 5.74) is 6.21. The molecule has 0 aliphatic rings. The topological polar surface area (TPSA) is 51.8 Å². The van der Waals surface area contributed by atoms with Crippen molar-refractivity contribution < 1.29 is 4.42 Å². The Balaban J connectivity index is 1.58. The minimum atomic E-state index is 0.654. The molecule has 0 fully saturated rings. The number of rotatable bonds is 2. The Kier molecular flexibility index (Phi) is 3.81. The third kappa shape index (κ3) is 2.74. The highest BCUT2D eigenvalue weighted by molar-refractivity contribution is 6.11. The van der Waals surface area contributed by atoms with Crippen LogP contribution in [0.1, 0.15) is 0 Å². The highest BCUT2D eigenvalue weighted by atomic mass is 16.3. The van der Waals surface area contributed by atoms with Gasteiger partial charge in [0.25, 0.3) is 0 Å². The molecule has 4 nitrogen and oxygen atoms in total. The first-order valence-corrected chi connectivity index (χ1v) is 10.9. The van der Waals surface area contributed by atoms with Gasteiger partial charge in [0.2, 0.25) is 0 Å². The Morgan fingerprint density at radius 2 is 1.33 bits per heavy atom. The maximum absolute atomic E-state index is 6.33. The molecule has 0 aliphatic carbocycles. The molecule has 154 valence electrons. The van der Waals surface area contributed by atoms with Gasteiger partial charge in [0.05, 0.1) is 16.7 Å². The van der Waals surface area contributed by atoms with Crippen LogP contribution in [-0.2, 0) is 0 Å². The first-order valence-electron chi connectivity index (χ1n) is 10.9. The summed E-state index contributed by atoms with van der Waals surface area (Å²) in [5, 5.41) is 4.24. The van der Waals surface area contributed by atoms with Gasteiger partial charge in [-0.1, -0.05) is 66.7 Å². The number of pyridine rings is 1. The third-order valence-electron chi connectivity index (χ3n) is 6.14. The van der Waals surface area contributed by atoms with Gasteiger partial charge in [-0.25, -0.2) is 9.97 Å². The van der Waals surface area contributed by atoms with E-state index in [1.165, 1.54) is 0 Å². The molecule has 7 aromatic rings. The van der Waals surface area contributed by atoms with E-state index in [9.17, 15) is 0 Å². The quantitative estimate of drug-likeness (QED) is 0.290. The van der Waals surface area contributed by atoms with Crippen molar-refractivity contribution in [3.05, 3.63) is 103 Å². The maximum atomic E-state index is 6.33. The summed E-state index contributed by atoms with van der Waals surface area (Å²) < 4.78 is 6.33. The lowest BCUT2D eigenvalue weighted by atomic mass is 10.0. The summed E-state index contributed by atoms with van der Waals surface area (Å²) in [4.78, 5) is 14.6. The van der Waals surface area contributed by atoms with E-state index in [1.54, 1.807) is 0 Å². The molecule has 0 bridgehead atoms. The SMILES string of the molecule is c1cnc2c(-c3nc(-c4cccc5c4oc4ccccc45)c4ccccc4n3)cccc2c1. The zero-order chi connectivity index (χ0) is 21.8. The molecule has 0 aliphatic heterocycles. The molecular weight excluding hydrogens is 406 g/mol. The summed E-state index contributed by atoms with van der Waals surface area (Å²) in [5.74, 6) is 0.654.